The molecule has 120 valence electrons. The lowest BCUT2D eigenvalue weighted by molar-refractivity contribution is -0.385. The maximum atomic E-state index is 12.9. The fraction of sp³-hybridized carbons (Fsp3) is 0.125. The second-order valence-corrected chi connectivity index (χ2v) is 6.78. The molecule has 0 aromatic heterocycles. The number of hydrogen-bond acceptors (Lipinski definition) is 4. The van der Waals surface area contributed by atoms with Crippen LogP contribution in [-0.2, 0) is 10.0 Å². The minimum atomic E-state index is -3.93. The molecule has 0 spiro atoms. The Morgan fingerprint density at radius 2 is 1.91 bits per heavy atom. The number of rotatable bonds is 6. The normalized spacial score (nSPS) is 11.0. The SMILES string of the molecule is C=CCN(c1cccc(C)c1)S(=O)(=O)c1cccc([N+](=O)[O-])c1. The van der Waals surface area contributed by atoms with Gasteiger partial charge in [0.2, 0.25) is 0 Å². The average molecular weight is 332 g/mol. The molecule has 0 saturated carbocycles. The molecule has 0 atom stereocenters. The maximum Gasteiger partial charge on any atom is 0.270 e. The molecule has 0 amide bonds. The van der Waals surface area contributed by atoms with Crippen LogP contribution in [0.5, 0.6) is 0 Å². The van der Waals surface area contributed by atoms with Crippen molar-refractivity contribution in [2.24, 2.45) is 0 Å². The first-order chi connectivity index (χ1) is 10.9. The van der Waals surface area contributed by atoms with E-state index in [4.69, 9.17) is 0 Å². The molecule has 0 unspecified atom stereocenters. The van der Waals surface area contributed by atoms with E-state index in [-0.39, 0.29) is 17.1 Å². The van der Waals surface area contributed by atoms with E-state index < -0.39 is 14.9 Å². The Balaban J connectivity index is 2.55. The molecule has 0 heterocycles. The molecule has 0 fully saturated rings. The Labute approximate surface area is 134 Å². The number of non-ortho nitro benzene ring substituents is 1. The zero-order chi connectivity index (χ0) is 17.0. The quantitative estimate of drug-likeness (QED) is 0.462. The van der Waals surface area contributed by atoms with Crippen molar-refractivity contribution in [1.29, 1.82) is 0 Å². The molecule has 7 heteroatoms. The first-order valence-electron chi connectivity index (χ1n) is 6.81. The van der Waals surface area contributed by atoms with Gasteiger partial charge in [0.1, 0.15) is 0 Å². The Morgan fingerprint density at radius 3 is 2.52 bits per heavy atom. The highest BCUT2D eigenvalue weighted by Crippen LogP contribution is 2.26. The van der Waals surface area contributed by atoms with Gasteiger partial charge >= 0.3 is 0 Å². The van der Waals surface area contributed by atoms with Crippen LogP contribution in [0.15, 0.2) is 66.1 Å². The summed E-state index contributed by atoms with van der Waals surface area (Å²) >= 11 is 0. The number of benzene rings is 2. The third-order valence-corrected chi connectivity index (χ3v) is 4.99. The summed E-state index contributed by atoms with van der Waals surface area (Å²) in [4.78, 5) is 10.1. The van der Waals surface area contributed by atoms with Crippen LogP contribution in [0, 0.1) is 17.0 Å². The molecule has 23 heavy (non-hydrogen) atoms. The number of aryl methyl sites for hydroxylation is 1. The van der Waals surface area contributed by atoms with Gasteiger partial charge in [-0.25, -0.2) is 8.42 Å². The lowest BCUT2D eigenvalue weighted by Crippen LogP contribution is -2.31. The van der Waals surface area contributed by atoms with Crippen molar-refractivity contribution in [3.05, 3.63) is 76.9 Å². The molecular formula is C16H16N2O4S. The van der Waals surface area contributed by atoms with Gasteiger partial charge in [-0.15, -0.1) is 6.58 Å². The van der Waals surface area contributed by atoms with Crippen molar-refractivity contribution in [3.63, 3.8) is 0 Å². The second-order valence-electron chi connectivity index (χ2n) is 4.92. The molecule has 0 aliphatic rings. The topological polar surface area (TPSA) is 80.5 Å². The molecule has 2 aromatic carbocycles. The lowest BCUT2D eigenvalue weighted by atomic mass is 10.2. The summed E-state index contributed by atoms with van der Waals surface area (Å²) in [6.07, 6.45) is 1.47. The van der Waals surface area contributed by atoms with Crippen LogP contribution in [0.3, 0.4) is 0 Å². The predicted octanol–water partition coefficient (Wildman–Crippen LogP) is 3.28. The summed E-state index contributed by atoms with van der Waals surface area (Å²) in [5.74, 6) is 0. The van der Waals surface area contributed by atoms with Crippen molar-refractivity contribution in [3.8, 4) is 0 Å². The van der Waals surface area contributed by atoms with Gasteiger partial charge in [-0.05, 0) is 30.7 Å². The van der Waals surface area contributed by atoms with Crippen molar-refractivity contribution >= 4 is 21.4 Å². The molecular weight excluding hydrogens is 316 g/mol. The largest absolute Gasteiger partial charge is 0.270 e. The van der Waals surface area contributed by atoms with Gasteiger partial charge in [0, 0.05) is 12.1 Å². The molecule has 6 nitrogen and oxygen atoms in total. The van der Waals surface area contributed by atoms with Gasteiger partial charge in [0.15, 0.2) is 0 Å². The van der Waals surface area contributed by atoms with E-state index in [0.717, 1.165) is 11.6 Å². The molecule has 0 aliphatic heterocycles. The molecule has 0 N–H and O–H groups in total. The lowest BCUT2D eigenvalue weighted by Gasteiger charge is -2.23. The van der Waals surface area contributed by atoms with Crippen LogP contribution in [0.4, 0.5) is 11.4 Å². The highest BCUT2D eigenvalue weighted by atomic mass is 32.2. The van der Waals surface area contributed by atoms with Crippen LogP contribution >= 0.6 is 0 Å². The number of sulfonamides is 1. The van der Waals surface area contributed by atoms with Gasteiger partial charge < -0.3 is 0 Å². The highest BCUT2D eigenvalue weighted by Gasteiger charge is 2.25. The fourth-order valence-electron chi connectivity index (χ4n) is 2.13. The zero-order valence-corrected chi connectivity index (χ0v) is 13.4. The van der Waals surface area contributed by atoms with Crippen molar-refractivity contribution in [1.82, 2.24) is 0 Å². The summed E-state index contributed by atoms with van der Waals surface area (Å²) in [5, 5.41) is 10.9. The Bertz CT molecular complexity index is 847. The van der Waals surface area contributed by atoms with E-state index >= 15 is 0 Å². The van der Waals surface area contributed by atoms with Gasteiger partial charge in [0.05, 0.1) is 22.1 Å². The van der Waals surface area contributed by atoms with Crippen LogP contribution in [-0.4, -0.2) is 19.9 Å². The zero-order valence-electron chi connectivity index (χ0n) is 12.5. The summed E-state index contributed by atoms with van der Waals surface area (Å²) < 4.78 is 26.9. The van der Waals surface area contributed by atoms with Crippen LogP contribution in [0.2, 0.25) is 0 Å². The van der Waals surface area contributed by atoms with Crippen LogP contribution in [0.25, 0.3) is 0 Å². The molecule has 2 rings (SSSR count). The van der Waals surface area contributed by atoms with Gasteiger partial charge in [-0.1, -0.05) is 24.3 Å². The van der Waals surface area contributed by atoms with E-state index in [1.165, 1.54) is 28.6 Å². The number of anilines is 1. The standard InChI is InChI=1S/C16H16N2O4S/c1-3-10-17(14-7-4-6-13(2)11-14)23(21,22)16-9-5-8-15(12-16)18(19)20/h3-9,11-12H,1,10H2,2H3. The second kappa shape index (κ2) is 6.62. The van der Waals surface area contributed by atoms with E-state index in [1.807, 2.05) is 13.0 Å². The Hall–Kier alpha value is -2.67. The molecule has 2 aromatic rings. The molecule has 0 bridgehead atoms. The minimum Gasteiger partial charge on any atom is -0.263 e. The smallest absolute Gasteiger partial charge is 0.263 e. The van der Waals surface area contributed by atoms with E-state index in [2.05, 4.69) is 6.58 Å². The molecule has 0 saturated heterocycles. The Morgan fingerprint density at radius 1 is 1.22 bits per heavy atom. The third-order valence-electron chi connectivity index (χ3n) is 3.20. The van der Waals surface area contributed by atoms with E-state index in [9.17, 15) is 18.5 Å². The van der Waals surface area contributed by atoms with E-state index in [0.29, 0.717) is 5.69 Å². The van der Waals surface area contributed by atoms with Crippen molar-refractivity contribution in [2.45, 2.75) is 11.8 Å². The predicted molar refractivity (Wildman–Crippen MR) is 89.0 cm³/mol. The van der Waals surface area contributed by atoms with Crippen LogP contribution in [0.1, 0.15) is 5.56 Å². The minimum absolute atomic E-state index is 0.0640. The van der Waals surface area contributed by atoms with Gasteiger partial charge in [-0.2, -0.15) is 0 Å². The number of nitrogens with zero attached hydrogens (tertiary/aromatic N) is 2. The van der Waals surface area contributed by atoms with Crippen molar-refractivity contribution in [2.75, 3.05) is 10.8 Å². The monoisotopic (exact) mass is 332 g/mol. The van der Waals surface area contributed by atoms with Crippen LogP contribution < -0.4 is 4.31 Å². The summed E-state index contributed by atoms with van der Waals surface area (Å²) in [6, 6.07) is 12.0. The van der Waals surface area contributed by atoms with E-state index in [1.54, 1.807) is 18.2 Å². The summed E-state index contributed by atoms with van der Waals surface area (Å²) in [5.41, 5.74) is 1.12. The third kappa shape index (κ3) is 3.57. The fourth-order valence-corrected chi connectivity index (χ4v) is 3.59. The summed E-state index contributed by atoms with van der Waals surface area (Å²) in [6.45, 7) is 5.51. The van der Waals surface area contributed by atoms with Gasteiger partial charge in [-0.3, -0.25) is 14.4 Å². The molecule has 0 aliphatic carbocycles. The molecule has 0 radical (unpaired) electrons. The average Bonchev–Trinajstić information content (AvgIpc) is 2.52. The first kappa shape index (κ1) is 16.7. The first-order valence-corrected chi connectivity index (χ1v) is 8.25. The number of nitro groups is 1. The van der Waals surface area contributed by atoms with Crippen molar-refractivity contribution < 1.29 is 13.3 Å². The maximum absolute atomic E-state index is 12.9. The highest BCUT2D eigenvalue weighted by molar-refractivity contribution is 7.92. The number of hydrogen-bond donors (Lipinski definition) is 0. The summed E-state index contributed by atoms with van der Waals surface area (Å²) in [7, 11) is -3.93. The number of nitro benzene ring substituents is 1. The van der Waals surface area contributed by atoms with Gasteiger partial charge in [0.25, 0.3) is 15.7 Å². The Kier molecular flexibility index (Phi) is 4.80.